The van der Waals surface area contributed by atoms with Gasteiger partial charge in [-0.15, -0.1) is 0 Å². The second-order valence-corrected chi connectivity index (χ2v) is 6.63. The molecule has 4 rings (SSSR count). The van der Waals surface area contributed by atoms with Crippen molar-refractivity contribution in [1.29, 1.82) is 0 Å². The summed E-state index contributed by atoms with van der Waals surface area (Å²) in [5, 5.41) is 0. The van der Waals surface area contributed by atoms with Crippen LogP contribution in [0.2, 0.25) is 0 Å². The van der Waals surface area contributed by atoms with E-state index in [4.69, 9.17) is 9.47 Å². The lowest BCUT2D eigenvalue weighted by atomic mass is 10.0. The minimum atomic E-state index is -0.247. The highest BCUT2D eigenvalue weighted by atomic mass is 16.5. The van der Waals surface area contributed by atoms with Gasteiger partial charge < -0.3 is 18.9 Å². The maximum Gasteiger partial charge on any atom is 0.245 e. The van der Waals surface area contributed by atoms with Crippen LogP contribution in [0.5, 0.6) is 11.5 Å². The molecule has 6 heteroatoms. The van der Waals surface area contributed by atoms with E-state index in [1.807, 2.05) is 34.7 Å². The Morgan fingerprint density at radius 1 is 1.24 bits per heavy atom. The van der Waals surface area contributed by atoms with Crippen molar-refractivity contribution < 1.29 is 14.3 Å². The molecule has 2 aliphatic rings. The van der Waals surface area contributed by atoms with Crippen molar-refractivity contribution in [1.82, 2.24) is 14.5 Å². The van der Waals surface area contributed by atoms with E-state index < -0.39 is 0 Å². The third kappa shape index (κ3) is 3.08. The number of hydrogen-bond donors (Lipinski definition) is 0. The van der Waals surface area contributed by atoms with Gasteiger partial charge in [0.2, 0.25) is 5.91 Å². The first-order valence-corrected chi connectivity index (χ1v) is 8.91. The second-order valence-electron chi connectivity index (χ2n) is 6.63. The fraction of sp³-hybridized carbons (Fsp3) is 0.474. The highest BCUT2D eigenvalue weighted by Crippen LogP contribution is 2.38. The van der Waals surface area contributed by atoms with Crippen LogP contribution in [0.1, 0.15) is 43.8 Å². The quantitative estimate of drug-likeness (QED) is 0.861. The van der Waals surface area contributed by atoms with Crippen LogP contribution >= 0.6 is 0 Å². The van der Waals surface area contributed by atoms with Gasteiger partial charge in [-0.3, -0.25) is 4.79 Å². The average Bonchev–Trinajstić information content (AvgIpc) is 3.28. The van der Waals surface area contributed by atoms with Crippen LogP contribution in [-0.4, -0.2) is 40.1 Å². The van der Waals surface area contributed by atoms with E-state index >= 15 is 0 Å². The Morgan fingerprint density at radius 2 is 2.08 bits per heavy atom. The van der Waals surface area contributed by atoms with Crippen molar-refractivity contribution in [2.45, 2.75) is 38.3 Å². The van der Waals surface area contributed by atoms with E-state index in [1.165, 1.54) is 0 Å². The molecule has 1 saturated heterocycles. The minimum absolute atomic E-state index is 0.0932. The van der Waals surface area contributed by atoms with Crippen LogP contribution in [0.15, 0.2) is 36.9 Å². The van der Waals surface area contributed by atoms with Crippen molar-refractivity contribution in [3.05, 3.63) is 42.5 Å². The fourth-order valence-electron chi connectivity index (χ4n) is 3.63. The molecule has 0 bridgehead atoms. The van der Waals surface area contributed by atoms with Crippen LogP contribution in [0.25, 0.3) is 0 Å². The van der Waals surface area contributed by atoms with Gasteiger partial charge in [-0.05, 0) is 37.5 Å². The monoisotopic (exact) mass is 341 g/mol. The number of amides is 1. The van der Waals surface area contributed by atoms with Gasteiger partial charge in [0.15, 0.2) is 11.5 Å². The van der Waals surface area contributed by atoms with Crippen LogP contribution in [-0.2, 0) is 4.79 Å². The first-order valence-electron chi connectivity index (χ1n) is 8.91. The van der Waals surface area contributed by atoms with E-state index in [2.05, 4.69) is 11.1 Å². The molecule has 132 valence electrons. The van der Waals surface area contributed by atoms with Crippen LogP contribution < -0.4 is 9.47 Å². The first kappa shape index (κ1) is 16.0. The number of rotatable bonds is 3. The van der Waals surface area contributed by atoms with Gasteiger partial charge in [0, 0.05) is 25.4 Å². The summed E-state index contributed by atoms with van der Waals surface area (Å²) < 4.78 is 13.4. The topological polar surface area (TPSA) is 56.6 Å². The lowest BCUT2D eigenvalue weighted by Gasteiger charge is -2.28. The molecule has 2 unspecified atom stereocenters. The minimum Gasteiger partial charge on any atom is -0.490 e. The maximum atomic E-state index is 13.0. The summed E-state index contributed by atoms with van der Waals surface area (Å²) in [5.74, 6) is 1.72. The number of carbonyl (C=O) groups is 1. The molecule has 1 aromatic heterocycles. The summed E-state index contributed by atoms with van der Waals surface area (Å²) in [6.07, 6.45) is 8.11. The van der Waals surface area contributed by atoms with Crippen molar-refractivity contribution in [2.75, 3.05) is 19.8 Å². The van der Waals surface area contributed by atoms with E-state index in [1.54, 1.807) is 12.5 Å². The summed E-state index contributed by atoms with van der Waals surface area (Å²) in [6.45, 7) is 4.06. The van der Waals surface area contributed by atoms with E-state index in [9.17, 15) is 4.79 Å². The van der Waals surface area contributed by atoms with Gasteiger partial charge >= 0.3 is 0 Å². The molecule has 0 radical (unpaired) electrons. The van der Waals surface area contributed by atoms with Crippen molar-refractivity contribution in [3.8, 4) is 11.5 Å². The van der Waals surface area contributed by atoms with Crippen LogP contribution in [0.4, 0.5) is 0 Å². The number of carbonyl (C=O) groups excluding carboxylic acids is 1. The second kappa shape index (κ2) is 6.78. The summed E-state index contributed by atoms with van der Waals surface area (Å²) >= 11 is 0. The van der Waals surface area contributed by atoms with Gasteiger partial charge in [0.1, 0.15) is 6.04 Å². The molecule has 2 atom stereocenters. The number of fused-ring (bicyclic) bond motifs is 1. The zero-order valence-corrected chi connectivity index (χ0v) is 14.4. The molecule has 0 saturated carbocycles. The van der Waals surface area contributed by atoms with Crippen LogP contribution in [0, 0.1) is 0 Å². The normalized spacial score (nSPS) is 21.0. The molecule has 1 amide bonds. The zero-order chi connectivity index (χ0) is 17.2. The average molecular weight is 341 g/mol. The Labute approximate surface area is 147 Å². The Kier molecular flexibility index (Phi) is 4.34. The van der Waals surface area contributed by atoms with E-state index in [-0.39, 0.29) is 18.0 Å². The zero-order valence-electron chi connectivity index (χ0n) is 14.4. The molecule has 1 aromatic carbocycles. The van der Waals surface area contributed by atoms with Crippen molar-refractivity contribution in [2.24, 2.45) is 0 Å². The number of imidazole rings is 1. The molecule has 0 N–H and O–H groups in total. The van der Waals surface area contributed by atoms with E-state index in [0.29, 0.717) is 13.2 Å². The molecule has 2 aromatic rings. The summed E-state index contributed by atoms with van der Waals surface area (Å²) in [4.78, 5) is 19.0. The number of ether oxygens (including phenoxy) is 2. The number of aromatic nitrogens is 2. The SMILES string of the molecule is CC(C(=O)N1CCCC1c1ccc2c(c1)OCCCO2)n1ccnc1. The largest absolute Gasteiger partial charge is 0.490 e. The molecule has 2 aliphatic heterocycles. The number of benzene rings is 1. The molecular weight excluding hydrogens is 318 g/mol. The van der Waals surface area contributed by atoms with Gasteiger partial charge in [-0.25, -0.2) is 4.98 Å². The van der Waals surface area contributed by atoms with E-state index in [0.717, 1.165) is 42.9 Å². The number of nitrogens with zero attached hydrogens (tertiary/aromatic N) is 3. The fourth-order valence-corrected chi connectivity index (χ4v) is 3.63. The highest BCUT2D eigenvalue weighted by Gasteiger charge is 2.33. The summed E-state index contributed by atoms with van der Waals surface area (Å²) in [7, 11) is 0. The molecule has 6 nitrogen and oxygen atoms in total. The standard InChI is InChI=1S/C19H23N3O3/c1-14(21-9-7-20-13-21)19(23)22-8-2-4-16(22)15-5-6-17-18(12-15)25-11-3-10-24-17/h5-7,9,12-14,16H,2-4,8,10-11H2,1H3. The Morgan fingerprint density at radius 3 is 2.88 bits per heavy atom. The lowest BCUT2D eigenvalue weighted by molar-refractivity contribution is -0.135. The molecular formula is C19H23N3O3. The molecule has 0 spiro atoms. The number of likely N-dealkylation sites (tertiary alicyclic amines) is 1. The van der Waals surface area contributed by atoms with Crippen molar-refractivity contribution >= 4 is 5.91 Å². The smallest absolute Gasteiger partial charge is 0.245 e. The third-order valence-electron chi connectivity index (χ3n) is 5.02. The molecule has 0 aliphatic carbocycles. The molecule has 25 heavy (non-hydrogen) atoms. The Hall–Kier alpha value is -2.50. The summed E-state index contributed by atoms with van der Waals surface area (Å²) in [6, 6.07) is 5.92. The molecule has 3 heterocycles. The predicted octanol–water partition coefficient (Wildman–Crippen LogP) is 2.97. The van der Waals surface area contributed by atoms with Gasteiger partial charge in [0.25, 0.3) is 0 Å². The lowest BCUT2D eigenvalue weighted by Crippen LogP contribution is -2.35. The Bertz CT molecular complexity index is 744. The number of hydrogen-bond acceptors (Lipinski definition) is 4. The third-order valence-corrected chi connectivity index (χ3v) is 5.02. The Balaban J connectivity index is 1.57. The maximum absolute atomic E-state index is 13.0. The molecule has 1 fully saturated rings. The van der Waals surface area contributed by atoms with Crippen molar-refractivity contribution in [3.63, 3.8) is 0 Å². The highest BCUT2D eigenvalue weighted by molar-refractivity contribution is 5.81. The predicted molar refractivity (Wildman–Crippen MR) is 92.7 cm³/mol. The summed E-state index contributed by atoms with van der Waals surface area (Å²) in [5.41, 5.74) is 1.12. The van der Waals surface area contributed by atoms with Gasteiger partial charge in [0.05, 0.1) is 25.6 Å². The van der Waals surface area contributed by atoms with Gasteiger partial charge in [-0.1, -0.05) is 6.07 Å². The first-order chi connectivity index (χ1) is 12.2. The van der Waals surface area contributed by atoms with Gasteiger partial charge in [-0.2, -0.15) is 0 Å². The van der Waals surface area contributed by atoms with Crippen LogP contribution in [0.3, 0.4) is 0 Å².